The lowest BCUT2D eigenvalue weighted by atomic mass is 10.0. The van der Waals surface area contributed by atoms with E-state index in [2.05, 4.69) is 15.2 Å². The monoisotopic (exact) mass is 325 g/mol. The first-order valence-corrected chi connectivity index (χ1v) is 8.01. The molecular formula is C17H15N3O2S. The first-order chi connectivity index (χ1) is 11.2. The van der Waals surface area contributed by atoms with Crippen molar-refractivity contribution in [2.24, 2.45) is 0 Å². The molecule has 0 saturated heterocycles. The zero-order valence-corrected chi connectivity index (χ0v) is 13.3. The van der Waals surface area contributed by atoms with Crippen molar-refractivity contribution >= 4 is 34.6 Å². The SMILES string of the molecule is CCc1nc(S/C(=C\c2cccc3ccccc23)C(=O)O)n[nH]1. The molecule has 1 aromatic heterocycles. The Hall–Kier alpha value is -2.60. The zero-order valence-electron chi connectivity index (χ0n) is 12.5. The third-order valence-corrected chi connectivity index (χ3v) is 4.25. The average Bonchev–Trinajstić information content (AvgIpc) is 3.02. The maximum atomic E-state index is 11.6. The summed E-state index contributed by atoms with van der Waals surface area (Å²) in [6, 6.07) is 13.7. The maximum absolute atomic E-state index is 11.6. The van der Waals surface area contributed by atoms with Crippen molar-refractivity contribution < 1.29 is 9.90 Å². The molecule has 0 unspecified atom stereocenters. The highest BCUT2D eigenvalue weighted by Crippen LogP contribution is 2.28. The molecule has 0 amide bonds. The van der Waals surface area contributed by atoms with Crippen LogP contribution in [0.15, 0.2) is 52.5 Å². The molecule has 3 aromatic rings. The summed E-state index contributed by atoms with van der Waals surface area (Å²) in [5.74, 6) is -0.256. The number of nitrogens with one attached hydrogen (secondary N) is 1. The van der Waals surface area contributed by atoms with Crippen LogP contribution >= 0.6 is 11.8 Å². The van der Waals surface area contributed by atoms with E-state index in [4.69, 9.17) is 0 Å². The highest BCUT2D eigenvalue weighted by molar-refractivity contribution is 8.04. The van der Waals surface area contributed by atoms with Crippen LogP contribution in [0.3, 0.4) is 0 Å². The molecule has 0 fully saturated rings. The Morgan fingerprint density at radius 2 is 2.04 bits per heavy atom. The Morgan fingerprint density at radius 3 is 2.78 bits per heavy atom. The highest BCUT2D eigenvalue weighted by atomic mass is 32.2. The van der Waals surface area contributed by atoms with Gasteiger partial charge in [0, 0.05) is 6.42 Å². The molecule has 0 atom stereocenters. The van der Waals surface area contributed by atoms with E-state index in [1.54, 1.807) is 6.08 Å². The van der Waals surface area contributed by atoms with Crippen LogP contribution in [-0.2, 0) is 11.2 Å². The lowest BCUT2D eigenvalue weighted by molar-refractivity contribution is -0.131. The van der Waals surface area contributed by atoms with Gasteiger partial charge in [0.05, 0.1) is 0 Å². The molecule has 1 heterocycles. The molecule has 2 aromatic carbocycles. The van der Waals surface area contributed by atoms with Crippen molar-refractivity contribution in [2.75, 3.05) is 0 Å². The molecule has 23 heavy (non-hydrogen) atoms. The van der Waals surface area contributed by atoms with Gasteiger partial charge >= 0.3 is 5.97 Å². The fraction of sp³-hybridized carbons (Fsp3) is 0.118. The lowest BCUT2D eigenvalue weighted by Gasteiger charge is -2.04. The van der Waals surface area contributed by atoms with E-state index in [-0.39, 0.29) is 4.91 Å². The average molecular weight is 325 g/mol. The van der Waals surface area contributed by atoms with E-state index in [1.807, 2.05) is 49.4 Å². The van der Waals surface area contributed by atoms with Crippen molar-refractivity contribution in [1.29, 1.82) is 0 Å². The standard InChI is InChI=1S/C17H15N3O2S/c1-2-15-18-17(20-19-15)23-14(16(21)22)10-12-8-5-7-11-6-3-4-9-13(11)12/h3-10H,2H2,1H3,(H,21,22)(H,18,19,20)/b14-10-. The van der Waals surface area contributed by atoms with Crippen LogP contribution in [0.4, 0.5) is 0 Å². The number of aryl methyl sites for hydroxylation is 1. The molecule has 116 valence electrons. The highest BCUT2D eigenvalue weighted by Gasteiger charge is 2.14. The number of carbonyl (C=O) groups is 1. The van der Waals surface area contributed by atoms with Crippen molar-refractivity contribution in [3.8, 4) is 0 Å². The van der Waals surface area contributed by atoms with Crippen molar-refractivity contribution in [2.45, 2.75) is 18.5 Å². The summed E-state index contributed by atoms with van der Waals surface area (Å²) >= 11 is 1.04. The molecular weight excluding hydrogens is 310 g/mol. The number of aromatic amines is 1. The summed E-state index contributed by atoms with van der Waals surface area (Å²) in [6.45, 7) is 1.96. The van der Waals surface area contributed by atoms with E-state index in [1.165, 1.54) is 0 Å². The fourth-order valence-corrected chi connectivity index (χ4v) is 2.95. The minimum atomic E-state index is -0.995. The third kappa shape index (κ3) is 3.43. The summed E-state index contributed by atoms with van der Waals surface area (Å²) in [5, 5.41) is 18.8. The van der Waals surface area contributed by atoms with Crippen LogP contribution in [0.5, 0.6) is 0 Å². The van der Waals surface area contributed by atoms with Gasteiger partial charge in [-0.2, -0.15) is 0 Å². The normalized spacial score (nSPS) is 11.8. The van der Waals surface area contributed by atoms with Gasteiger partial charge in [-0.1, -0.05) is 49.4 Å². The number of hydrogen-bond acceptors (Lipinski definition) is 4. The summed E-state index contributed by atoms with van der Waals surface area (Å²) in [4.78, 5) is 16.0. The molecule has 0 aliphatic rings. The van der Waals surface area contributed by atoms with Crippen LogP contribution < -0.4 is 0 Å². The molecule has 5 nitrogen and oxygen atoms in total. The van der Waals surface area contributed by atoms with Gasteiger partial charge in [-0.15, -0.1) is 5.10 Å². The molecule has 0 aliphatic carbocycles. The van der Waals surface area contributed by atoms with E-state index in [9.17, 15) is 9.90 Å². The molecule has 0 spiro atoms. The first kappa shape index (κ1) is 15.3. The Bertz CT molecular complexity index is 881. The van der Waals surface area contributed by atoms with Crippen LogP contribution in [0, 0.1) is 0 Å². The molecule has 0 radical (unpaired) electrons. The number of carboxylic acid groups (broad SMARTS) is 1. The summed E-state index contributed by atoms with van der Waals surface area (Å²) in [6.07, 6.45) is 2.39. The number of hydrogen-bond donors (Lipinski definition) is 2. The van der Waals surface area contributed by atoms with Gasteiger partial charge in [-0.25, -0.2) is 9.78 Å². The third-order valence-electron chi connectivity index (χ3n) is 3.37. The van der Waals surface area contributed by atoms with E-state index in [0.29, 0.717) is 5.16 Å². The van der Waals surface area contributed by atoms with Gasteiger partial charge in [-0.05, 0) is 34.2 Å². The first-order valence-electron chi connectivity index (χ1n) is 7.19. The predicted molar refractivity (Wildman–Crippen MR) is 91.2 cm³/mol. The summed E-state index contributed by atoms with van der Waals surface area (Å²) in [7, 11) is 0. The lowest BCUT2D eigenvalue weighted by Crippen LogP contribution is -1.97. The quantitative estimate of drug-likeness (QED) is 0.552. The number of thioether (sulfide) groups is 1. The van der Waals surface area contributed by atoms with E-state index >= 15 is 0 Å². The van der Waals surface area contributed by atoms with Gasteiger partial charge in [0.1, 0.15) is 10.7 Å². The topological polar surface area (TPSA) is 78.9 Å². The number of rotatable bonds is 5. The number of carboxylic acids is 1. The zero-order chi connectivity index (χ0) is 16.2. The Labute approximate surface area is 137 Å². The second kappa shape index (κ2) is 6.66. The smallest absolute Gasteiger partial charge is 0.342 e. The number of H-pyrrole nitrogens is 1. The van der Waals surface area contributed by atoms with E-state index in [0.717, 1.165) is 40.3 Å². The van der Waals surface area contributed by atoms with Crippen LogP contribution in [0.1, 0.15) is 18.3 Å². The largest absolute Gasteiger partial charge is 0.477 e. The van der Waals surface area contributed by atoms with Gasteiger partial charge in [0.15, 0.2) is 0 Å². The number of fused-ring (bicyclic) bond motifs is 1. The molecule has 6 heteroatoms. The number of aliphatic carboxylic acids is 1. The number of benzene rings is 2. The molecule has 0 bridgehead atoms. The van der Waals surface area contributed by atoms with Gasteiger partial charge in [0.2, 0.25) is 5.16 Å². The summed E-state index contributed by atoms with van der Waals surface area (Å²) in [5.41, 5.74) is 0.860. The fourth-order valence-electron chi connectivity index (χ4n) is 2.23. The number of nitrogens with zero attached hydrogens (tertiary/aromatic N) is 2. The minimum Gasteiger partial charge on any atom is -0.477 e. The van der Waals surface area contributed by atoms with Gasteiger partial charge in [-0.3, -0.25) is 5.10 Å². The van der Waals surface area contributed by atoms with Crippen LogP contribution in [-0.4, -0.2) is 26.3 Å². The Morgan fingerprint density at radius 1 is 1.26 bits per heavy atom. The maximum Gasteiger partial charge on any atom is 0.342 e. The van der Waals surface area contributed by atoms with Crippen molar-refractivity contribution in [3.05, 3.63) is 58.8 Å². The predicted octanol–water partition coefficient (Wildman–Crippen LogP) is 3.74. The van der Waals surface area contributed by atoms with Crippen molar-refractivity contribution in [1.82, 2.24) is 15.2 Å². The molecule has 2 N–H and O–H groups in total. The summed E-state index contributed by atoms with van der Waals surface area (Å²) < 4.78 is 0. The van der Waals surface area contributed by atoms with E-state index < -0.39 is 5.97 Å². The second-order valence-electron chi connectivity index (χ2n) is 4.90. The Balaban J connectivity index is 1.99. The second-order valence-corrected chi connectivity index (χ2v) is 5.91. The van der Waals surface area contributed by atoms with Crippen LogP contribution in [0.2, 0.25) is 0 Å². The number of aromatic nitrogens is 3. The Kier molecular flexibility index (Phi) is 4.43. The minimum absolute atomic E-state index is 0.183. The molecule has 0 saturated carbocycles. The van der Waals surface area contributed by atoms with Crippen LogP contribution in [0.25, 0.3) is 16.8 Å². The molecule has 3 rings (SSSR count). The van der Waals surface area contributed by atoms with Crippen molar-refractivity contribution in [3.63, 3.8) is 0 Å². The van der Waals surface area contributed by atoms with Gasteiger partial charge < -0.3 is 5.11 Å². The van der Waals surface area contributed by atoms with Gasteiger partial charge in [0.25, 0.3) is 0 Å². The molecule has 0 aliphatic heterocycles.